The highest BCUT2D eigenvalue weighted by molar-refractivity contribution is 5.16. The van der Waals surface area contributed by atoms with E-state index in [-0.39, 0.29) is 0 Å². The molecule has 20 heavy (non-hydrogen) atoms. The van der Waals surface area contributed by atoms with Crippen LogP contribution in [0.3, 0.4) is 0 Å². The molecular formula is C20H30. The zero-order chi connectivity index (χ0) is 14.5. The average Bonchev–Trinajstić information content (AvgIpc) is 2.45. The fourth-order valence-electron chi connectivity index (χ4n) is 3.54. The Morgan fingerprint density at radius 1 is 1.20 bits per heavy atom. The minimum atomic E-state index is 0.730. The van der Waals surface area contributed by atoms with Crippen LogP contribution in [-0.4, -0.2) is 0 Å². The zero-order valence-electron chi connectivity index (χ0n) is 13.4. The van der Waals surface area contributed by atoms with Crippen LogP contribution in [0.5, 0.6) is 0 Å². The maximum atomic E-state index is 4.37. The van der Waals surface area contributed by atoms with Crippen LogP contribution in [0.25, 0.3) is 0 Å². The van der Waals surface area contributed by atoms with Crippen LogP contribution in [0.2, 0.25) is 0 Å². The summed E-state index contributed by atoms with van der Waals surface area (Å²) in [6.07, 6.45) is 14.9. The predicted octanol–water partition coefficient (Wildman–Crippen LogP) is 6.37. The number of hydrogen-bond donors (Lipinski definition) is 0. The summed E-state index contributed by atoms with van der Waals surface area (Å²) in [4.78, 5) is 0. The van der Waals surface area contributed by atoms with Gasteiger partial charge in [0, 0.05) is 0 Å². The Kier molecular flexibility index (Phi) is 5.46. The van der Waals surface area contributed by atoms with Gasteiger partial charge in [-0.2, -0.15) is 0 Å². The van der Waals surface area contributed by atoms with Gasteiger partial charge >= 0.3 is 0 Å². The highest BCUT2D eigenvalue weighted by atomic mass is 14.2. The third-order valence-electron chi connectivity index (χ3n) is 5.12. The van der Waals surface area contributed by atoms with Crippen molar-refractivity contribution >= 4 is 0 Å². The summed E-state index contributed by atoms with van der Waals surface area (Å²) in [5, 5.41) is 0. The number of allylic oxidation sites excluding steroid dienone is 6. The van der Waals surface area contributed by atoms with Gasteiger partial charge in [-0.3, -0.25) is 0 Å². The molecule has 0 saturated carbocycles. The van der Waals surface area contributed by atoms with Crippen LogP contribution >= 0.6 is 0 Å². The first-order chi connectivity index (χ1) is 9.56. The lowest BCUT2D eigenvalue weighted by Crippen LogP contribution is -2.10. The van der Waals surface area contributed by atoms with Crippen molar-refractivity contribution in [2.24, 2.45) is 11.8 Å². The quantitative estimate of drug-likeness (QED) is 0.509. The largest absolute Gasteiger partial charge is 0.0998 e. The number of rotatable bonds is 5. The highest BCUT2D eigenvalue weighted by Gasteiger charge is 2.18. The van der Waals surface area contributed by atoms with Crippen molar-refractivity contribution in [3.63, 3.8) is 0 Å². The van der Waals surface area contributed by atoms with E-state index in [0.29, 0.717) is 0 Å². The lowest BCUT2D eigenvalue weighted by Gasteiger charge is -2.25. The lowest BCUT2D eigenvalue weighted by molar-refractivity contribution is 0.506. The van der Waals surface area contributed by atoms with E-state index in [1.807, 2.05) is 0 Å². The van der Waals surface area contributed by atoms with Gasteiger partial charge in [-0.05, 0) is 77.0 Å². The van der Waals surface area contributed by atoms with Crippen LogP contribution < -0.4 is 0 Å². The van der Waals surface area contributed by atoms with E-state index in [4.69, 9.17) is 0 Å². The van der Waals surface area contributed by atoms with E-state index in [0.717, 1.165) is 11.8 Å². The molecule has 110 valence electrons. The fraction of sp³-hybridized carbons (Fsp3) is 0.600. The Hall–Kier alpha value is -1.04. The first-order valence-corrected chi connectivity index (χ1v) is 8.23. The summed E-state index contributed by atoms with van der Waals surface area (Å²) in [6, 6.07) is 0. The second-order valence-electron chi connectivity index (χ2n) is 6.87. The van der Waals surface area contributed by atoms with Gasteiger partial charge in [0.05, 0.1) is 0 Å². The fourth-order valence-corrected chi connectivity index (χ4v) is 3.54. The molecule has 0 aliphatic heterocycles. The van der Waals surface area contributed by atoms with Gasteiger partial charge in [-0.15, -0.1) is 0 Å². The molecule has 2 aliphatic carbocycles. The molecule has 0 aromatic heterocycles. The monoisotopic (exact) mass is 270 g/mol. The molecule has 2 rings (SSSR count). The minimum Gasteiger partial charge on any atom is -0.0998 e. The molecule has 2 unspecified atom stereocenters. The van der Waals surface area contributed by atoms with Crippen molar-refractivity contribution in [1.82, 2.24) is 0 Å². The average molecular weight is 270 g/mol. The Labute approximate surface area is 125 Å². The minimum absolute atomic E-state index is 0.730. The summed E-state index contributed by atoms with van der Waals surface area (Å²) < 4.78 is 0. The van der Waals surface area contributed by atoms with E-state index in [2.05, 4.69) is 39.2 Å². The van der Waals surface area contributed by atoms with Gasteiger partial charge in [0.15, 0.2) is 0 Å². The zero-order valence-corrected chi connectivity index (χ0v) is 13.4. The predicted molar refractivity (Wildman–Crippen MR) is 89.7 cm³/mol. The normalized spacial score (nSPS) is 26.7. The van der Waals surface area contributed by atoms with E-state index in [1.165, 1.54) is 62.5 Å². The third kappa shape index (κ3) is 4.23. The van der Waals surface area contributed by atoms with Crippen LogP contribution in [-0.2, 0) is 0 Å². The van der Waals surface area contributed by atoms with Gasteiger partial charge in [0.1, 0.15) is 0 Å². The molecule has 0 aromatic carbocycles. The molecule has 0 heteroatoms. The van der Waals surface area contributed by atoms with Crippen molar-refractivity contribution in [2.75, 3.05) is 0 Å². The smallest absolute Gasteiger partial charge is 0.0166 e. The maximum absolute atomic E-state index is 4.37. The Balaban J connectivity index is 1.77. The molecule has 0 nitrogen and oxygen atoms in total. The molecule has 0 heterocycles. The molecule has 0 amide bonds. The van der Waals surface area contributed by atoms with Crippen molar-refractivity contribution < 1.29 is 0 Å². The first kappa shape index (κ1) is 15.4. The maximum Gasteiger partial charge on any atom is -0.0166 e. The van der Waals surface area contributed by atoms with Crippen LogP contribution in [0.15, 0.2) is 47.6 Å². The van der Waals surface area contributed by atoms with Gasteiger partial charge in [-0.25, -0.2) is 0 Å². The molecule has 0 spiro atoms. The molecule has 0 saturated heterocycles. The van der Waals surface area contributed by atoms with Gasteiger partial charge in [0.25, 0.3) is 0 Å². The first-order valence-electron chi connectivity index (χ1n) is 8.23. The Morgan fingerprint density at radius 2 is 2.00 bits per heavy atom. The molecule has 0 N–H and O–H groups in total. The standard InChI is InChI=1S/C20H30/c1-15(2)19-12-10-18(11-13-19)9-8-17(4)20-7-5-6-16(3)14-20/h6,10,19-20H,1,4-5,7-9,11-14H2,2-3H3. The molecule has 2 atom stereocenters. The molecule has 0 radical (unpaired) electrons. The summed E-state index contributed by atoms with van der Waals surface area (Å²) >= 11 is 0. The summed E-state index contributed by atoms with van der Waals surface area (Å²) in [5.41, 5.74) is 6.06. The van der Waals surface area contributed by atoms with Crippen LogP contribution in [0.1, 0.15) is 65.2 Å². The van der Waals surface area contributed by atoms with Crippen LogP contribution in [0, 0.1) is 11.8 Å². The van der Waals surface area contributed by atoms with Crippen molar-refractivity contribution in [1.29, 1.82) is 0 Å². The lowest BCUT2D eigenvalue weighted by atomic mass is 9.80. The number of hydrogen-bond acceptors (Lipinski definition) is 0. The van der Waals surface area contributed by atoms with E-state index < -0.39 is 0 Å². The molecular weight excluding hydrogens is 240 g/mol. The Bertz CT molecular complexity index is 433. The van der Waals surface area contributed by atoms with Gasteiger partial charge < -0.3 is 0 Å². The van der Waals surface area contributed by atoms with Crippen molar-refractivity contribution in [3.05, 3.63) is 47.6 Å². The van der Waals surface area contributed by atoms with Crippen molar-refractivity contribution in [3.8, 4) is 0 Å². The summed E-state index contributed by atoms with van der Waals surface area (Å²) in [5.74, 6) is 1.47. The van der Waals surface area contributed by atoms with Gasteiger partial charge in [0.2, 0.25) is 0 Å². The van der Waals surface area contributed by atoms with E-state index in [1.54, 1.807) is 11.1 Å². The Morgan fingerprint density at radius 3 is 2.60 bits per heavy atom. The van der Waals surface area contributed by atoms with Gasteiger partial charge in [-0.1, -0.05) is 47.6 Å². The van der Waals surface area contributed by atoms with Crippen molar-refractivity contribution in [2.45, 2.75) is 65.2 Å². The molecule has 0 aromatic rings. The van der Waals surface area contributed by atoms with E-state index in [9.17, 15) is 0 Å². The van der Waals surface area contributed by atoms with Crippen LogP contribution in [0.4, 0.5) is 0 Å². The SMILES string of the molecule is C=C(C)C1CC=C(CCC(=C)C2CCC=C(C)C2)CC1. The topological polar surface area (TPSA) is 0 Å². The second-order valence-corrected chi connectivity index (χ2v) is 6.87. The second kappa shape index (κ2) is 7.11. The molecule has 2 aliphatic rings. The summed E-state index contributed by atoms with van der Waals surface area (Å²) in [6.45, 7) is 12.9. The highest BCUT2D eigenvalue weighted by Crippen LogP contribution is 2.34. The summed E-state index contributed by atoms with van der Waals surface area (Å²) in [7, 11) is 0. The van der Waals surface area contributed by atoms with E-state index >= 15 is 0 Å². The molecule has 0 fully saturated rings. The third-order valence-corrected chi connectivity index (χ3v) is 5.12. The molecule has 0 bridgehead atoms.